The van der Waals surface area contributed by atoms with Gasteiger partial charge in [0.05, 0.1) is 36.5 Å². The molecule has 0 aromatic heterocycles. The molecule has 428 valence electrons. The Morgan fingerprint density at radius 1 is 0.750 bits per heavy atom. The Bertz CT molecular complexity index is 2170. The summed E-state index contributed by atoms with van der Waals surface area (Å²) in [6.07, 6.45) is -10.5. The zero-order valence-corrected chi connectivity index (χ0v) is 43.6. The number of carbonyl (C=O) groups excluding carboxylic acids is 8. The summed E-state index contributed by atoms with van der Waals surface area (Å²) in [5, 5.41) is 111. The van der Waals surface area contributed by atoms with E-state index in [9.17, 15) is 84.3 Å². The van der Waals surface area contributed by atoms with E-state index in [1.165, 1.54) is 6.42 Å². The molecule has 1 aromatic carbocycles. The van der Waals surface area contributed by atoms with Crippen molar-refractivity contribution in [1.29, 1.82) is 0 Å². The van der Waals surface area contributed by atoms with Crippen LogP contribution in [-0.4, -0.2) is 195 Å². The van der Waals surface area contributed by atoms with E-state index < -0.39 is 171 Å². The van der Waals surface area contributed by atoms with E-state index in [1.54, 1.807) is 0 Å². The van der Waals surface area contributed by atoms with Crippen LogP contribution in [0.2, 0.25) is 0 Å². The summed E-state index contributed by atoms with van der Waals surface area (Å²) < 4.78 is 0. The van der Waals surface area contributed by atoms with Gasteiger partial charge in [0.15, 0.2) is 6.23 Å². The van der Waals surface area contributed by atoms with E-state index in [0.717, 1.165) is 68.5 Å². The number of anilines is 1. The number of aliphatic hydroxyl groups excluding tert-OH is 8. The molecule has 8 amide bonds. The summed E-state index contributed by atoms with van der Waals surface area (Å²) in [7, 11) is 0. The van der Waals surface area contributed by atoms with Crippen LogP contribution >= 0.6 is 0 Å². The predicted octanol–water partition coefficient (Wildman–Crippen LogP) is -3.76. The second kappa shape index (κ2) is 29.1. The molecule has 0 spiro atoms. The van der Waals surface area contributed by atoms with Crippen molar-refractivity contribution in [2.75, 3.05) is 18.8 Å². The number of carbonyl (C=O) groups is 8. The van der Waals surface area contributed by atoms with Crippen molar-refractivity contribution >= 4 is 52.9 Å². The van der Waals surface area contributed by atoms with Crippen LogP contribution in [-0.2, 0) is 38.4 Å². The lowest BCUT2D eigenvalue weighted by atomic mass is 9.91. The average Bonchev–Trinajstić information content (AvgIpc) is 3.95. The molecule has 3 aliphatic rings. The number of aromatic hydroxyl groups is 1. The second-order valence-electron chi connectivity index (χ2n) is 20.8. The van der Waals surface area contributed by atoms with Crippen LogP contribution in [0.25, 0.3) is 0 Å². The normalized spacial score (nSPS) is 28.8. The molecule has 0 saturated carbocycles. The van der Waals surface area contributed by atoms with Crippen molar-refractivity contribution < 1.29 is 84.3 Å². The Hall–Kier alpha value is -5.74. The van der Waals surface area contributed by atoms with E-state index in [0.29, 0.717) is 29.6 Å². The number of nitrogens with two attached hydrogens (primary N) is 2. The Morgan fingerprint density at radius 3 is 2.00 bits per heavy atom. The Labute approximate surface area is 441 Å². The van der Waals surface area contributed by atoms with Gasteiger partial charge in [-0.3, -0.25) is 38.4 Å². The Balaban J connectivity index is 1.70. The van der Waals surface area contributed by atoms with Crippen molar-refractivity contribution in [2.45, 2.75) is 203 Å². The van der Waals surface area contributed by atoms with Gasteiger partial charge in [-0.2, -0.15) is 0 Å². The predicted molar refractivity (Wildman–Crippen MR) is 270 cm³/mol. The van der Waals surface area contributed by atoms with Crippen molar-refractivity contribution in [2.24, 2.45) is 17.6 Å². The minimum Gasteiger partial charge on any atom is -0.506 e. The van der Waals surface area contributed by atoms with E-state index in [2.05, 4.69) is 42.0 Å². The van der Waals surface area contributed by atoms with Crippen LogP contribution < -0.4 is 38.1 Å². The molecule has 0 radical (unpaired) electrons. The van der Waals surface area contributed by atoms with Gasteiger partial charge in [0, 0.05) is 32.4 Å². The molecule has 3 saturated heterocycles. The third kappa shape index (κ3) is 17.4. The molecule has 0 unspecified atom stereocenters. The number of phenolic OH excluding ortho intramolecular Hbond substituents is 1. The first kappa shape index (κ1) is 62.8. The van der Waals surface area contributed by atoms with Crippen LogP contribution in [0.15, 0.2) is 18.2 Å². The summed E-state index contributed by atoms with van der Waals surface area (Å²) >= 11 is 0. The van der Waals surface area contributed by atoms with E-state index in [4.69, 9.17) is 11.5 Å². The molecule has 16 atom stereocenters. The average molecular weight is 1080 g/mol. The minimum absolute atomic E-state index is 0.0854. The first-order chi connectivity index (χ1) is 35.7. The highest BCUT2D eigenvalue weighted by Gasteiger charge is 2.49. The van der Waals surface area contributed by atoms with Crippen molar-refractivity contribution in [3.05, 3.63) is 23.8 Å². The van der Waals surface area contributed by atoms with Crippen LogP contribution in [0.3, 0.4) is 0 Å². The highest BCUT2D eigenvalue weighted by molar-refractivity contribution is 5.98. The first-order valence-electron chi connectivity index (χ1n) is 26.2. The number of hydrogen-bond donors (Lipinski definition) is 16. The lowest BCUT2D eigenvalue weighted by Crippen LogP contribution is -2.64. The molecule has 3 aliphatic heterocycles. The molecule has 26 heteroatoms. The maximum absolute atomic E-state index is 14.4. The molecule has 0 bridgehead atoms. The number of aliphatic hydroxyl groups is 8. The van der Waals surface area contributed by atoms with Gasteiger partial charge in [0.1, 0.15) is 60.3 Å². The molecular weight excluding hydrogens is 999 g/mol. The molecule has 26 nitrogen and oxygen atoms in total. The van der Waals surface area contributed by atoms with Gasteiger partial charge < -0.3 is 93.8 Å². The maximum atomic E-state index is 14.4. The van der Waals surface area contributed by atoms with Crippen LogP contribution in [0.1, 0.15) is 129 Å². The number of amides is 8. The number of primary amides is 1. The molecular formula is C50H81N9O17. The van der Waals surface area contributed by atoms with Crippen molar-refractivity contribution in [3.63, 3.8) is 0 Å². The molecule has 4 rings (SSSR count). The zero-order chi connectivity index (χ0) is 56.7. The Morgan fingerprint density at radius 2 is 1.37 bits per heavy atom. The van der Waals surface area contributed by atoms with Gasteiger partial charge >= 0.3 is 0 Å². The van der Waals surface area contributed by atoms with E-state index >= 15 is 0 Å². The number of hydrogen-bond acceptors (Lipinski definition) is 18. The highest BCUT2D eigenvalue weighted by atomic mass is 16.3. The largest absolute Gasteiger partial charge is 0.506 e. The summed E-state index contributed by atoms with van der Waals surface area (Å²) in [5.41, 5.74) is 10.6. The number of nitrogen functional groups attached to an aromatic ring is 1. The fourth-order valence-corrected chi connectivity index (χ4v) is 9.88. The van der Waals surface area contributed by atoms with Gasteiger partial charge in [-0.15, -0.1) is 0 Å². The monoisotopic (exact) mass is 1080 g/mol. The molecule has 0 aliphatic carbocycles. The number of benzene rings is 1. The van der Waals surface area contributed by atoms with Gasteiger partial charge in [-0.1, -0.05) is 71.8 Å². The lowest BCUT2D eigenvalue weighted by Gasteiger charge is -2.34. The summed E-state index contributed by atoms with van der Waals surface area (Å²) in [5.74, 6) is -8.89. The lowest BCUT2D eigenvalue weighted by molar-refractivity contribution is -0.149. The molecule has 3 heterocycles. The van der Waals surface area contributed by atoms with Crippen LogP contribution in [0, 0.1) is 11.8 Å². The van der Waals surface area contributed by atoms with E-state index in [-0.39, 0.29) is 24.1 Å². The standard InChI is InChI=1S/C50H81N9O17/c1-5-24(2)18-25(3)12-10-8-6-7-9-11-13-37(67)53-30-21-35(65)46(72)57-48(74)41-33(63)16-17-58(41)50(76)39(34(64)22-36(52)66)55-47(73)40(43(69)42(68)27-14-15-32(62)29(51)19-27)56-45(71)31-20-28(61)23-59(31)49(75)38(26(4)60)54-44(30)70/h14-15,19,24-26,28,30-31,33-35,38-43,46,60-65,68-69,72H,5-13,16-18,20-23,51H2,1-4H3,(H2,52,66)(H,53,67)(H,54,70)(H,55,73)(H,56,71)(H,57,74)/t24-,25+,26+,28+,30-,31-,33-,34+,35+,38-,39-,40-,41-,42-,43-,46+/m0/s1. The highest BCUT2D eigenvalue weighted by Crippen LogP contribution is 2.29. The van der Waals surface area contributed by atoms with Crippen molar-refractivity contribution in [3.8, 4) is 5.75 Å². The second-order valence-corrected chi connectivity index (χ2v) is 20.8. The zero-order valence-electron chi connectivity index (χ0n) is 43.6. The molecule has 1 aromatic rings. The fraction of sp³-hybridized carbons (Fsp3) is 0.720. The SMILES string of the molecule is CC[C@H](C)C[C@H](C)CCCCCCCCC(=O)N[C@H]1C[C@@H](O)[C@@H](O)NC(=O)[C@@H]2[C@@H](O)CCN2C(=O)[C@H]([C@H](O)CC(N)=O)NC(=O)[C@H]([C@H](O)[C@@H](O)c2ccc(O)c(N)c2)NC(=O)[C@@H]2C[C@@H](O)CN2C(=O)[C@H]([C@@H](C)O)NC1=O. The molecule has 3 fully saturated rings. The van der Waals surface area contributed by atoms with E-state index in [1.807, 2.05) is 5.32 Å². The minimum atomic E-state index is -2.42. The molecule has 76 heavy (non-hydrogen) atoms. The Kier molecular flexibility index (Phi) is 24.1. The number of nitrogens with one attached hydrogen (secondary N) is 5. The third-order valence-corrected chi connectivity index (χ3v) is 14.5. The number of unbranched alkanes of at least 4 members (excludes halogenated alkanes) is 5. The first-order valence-corrected chi connectivity index (χ1v) is 26.2. The van der Waals surface area contributed by atoms with Gasteiger partial charge in [-0.05, 0) is 55.7 Å². The number of phenols is 1. The number of fused-ring (bicyclic) bond motifs is 2. The van der Waals surface area contributed by atoms with Gasteiger partial charge in [0.2, 0.25) is 47.3 Å². The quantitative estimate of drug-likeness (QED) is 0.0339. The maximum Gasteiger partial charge on any atom is 0.248 e. The molecule has 18 N–H and O–H groups in total. The van der Waals surface area contributed by atoms with Crippen LogP contribution in [0.5, 0.6) is 5.75 Å². The fourth-order valence-electron chi connectivity index (χ4n) is 9.88. The van der Waals surface area contributed by atoms with Gasteiger partial charge in [0.25, 0.3) is 0 Å². The smallest absolute Gasteiger partial charge is 0.248 e. The third-order valence-electron chi connectivity index (χ3n) is 14.5. The number of nitrogens with zero attached hydrogens (tertiary/aromatic N) is 2. The van der Waals surface area contributed by atoms with Crippen molar-refractivity contribution in [1.82, 2.24) is 36.4 Å². The summed E-state index contributed by atoms with van der Waals surface area (Å²) in [4.78, 5) is 112. The topological polar surface area (TPSA) is 437 Å². The summed E-state index contributed by atoms with van der Waals surface area (Å²) in [6, 6.07) is -8.91. The number of rotatable bonds is 20. The summed E-state index contributed by atoms with van der Waals surface area (Å²) in [6.45, 7) is 6.72. The van der Waals surface area contributed by atoms with Crippen LogP contribution in [0.4, 0.5) is 5.69 Å². The van der Waals surface area contributed by atoms with Gasteiger partial charge in [-0.25, -0.2) is 0 Å².